The molecule has 14 heteroatoms. The van der Waals surface area contributed by atoms with Crippen LogP contribution in [0.15, 0.2) is 125 Å². The van der Waals surface area contributed by atoms with Crippen LogP contribution in [0.1, 0.15) is 22.4 Å². The Kier molecular flexibility index (Phi) is 12.6. The largest absolute Gasteiger partial charge is 0.493 e. The van der Waals surface area contributed by atoms with E-state index in [0.29, 0.717) is 11.5 Å². The molecule has 3 N–H and O–H groups in total. The van der Waals surface area contributed by atoms with Gasteiger partial charge < -0.3 is 24.0 Å². The first-order chi connectivity index (χ1) is 25.7. The number of ether oxygens (including phenoxy) is 2. The van der Waals surface area contributed by atoms with Crippen molar-refractivity contribution in [2.24, 2.45) is 0 Å². The van der Waals surface area contributed by atoms with Crippen LogP contribution in [0.5, 0.6) is 11.5 Å². The molecule has 0 bridgehead atoms. The summed E-state index contributed by atoms with van der Waals surface area (Å²) in [6.07, 6.45) is 3.71. The maximum atomic E-state index is 11.2. The molecule has 6 aromatic rings. The summed E-state index contributed by atoms with van der Waals surface area (Å²) in [7, 11) is -3.65. The average Bonchev–Trinajstić information content (AvgIpc) is 3.45. The Morgan fingerprint density at radius 2 is 1.31 bits per heavy atom. The number of benzene rings is 5. The number of nitrogens with zero attached hydrogens (tertiary/aromatic N) is 2. The van der Waals surface area contributed by atoms with E-state index in [0.717, 1.165) is 49.8 Å². The van der Waals surface area contributed by atoms with Gasteiger partial charge in [-0.3, -0.25) is 9.11 Å². The van der Waals surface area contributed by atoms with Crippen molar-refractivity contribution in [1.82, 2.24) is 9.47 Å². The van der Waals surface area contributed by atoms with Gasteiger partial charge in [0.05, 0.1) is 14.2 Å². The summed E-state index contributed by atoms with van der Waals surface area (Å²) in [5.41, 5.74) is 6.55. The molecular weight excluding hydrogens is 733 g/mol. The third-order valence-corrected chi connectivity index (χ3v) is 10.6. The van der Waals surface area contributed by atoms with Gasteiger partial charge in [0.1, 0.15) is 9.79 Å². The summed E-state index contributed by atoms with van der Waals surface area (Å²) in [5.74, 6) is 0.208. The Hall–Kier alpha value is -5.51. The van der Waals surface area contributed by atoms with Crippen LogP contribution in [0.25, 0.3) is 27.8 Å². The van der Waals surface area contributed by atoms with E-state index in [2.05, 4.69) is 71.1 Å². The molecule has 1 aliphatic heterocycles. The second-order valence-electron chi connectivity index (χ2n) is 12.3. The number of hydrogen-bond donors (Lipinski definition) is 3. The predicted octanol–water partition coefficient (Wildman–Crippen LogP) is 6.81. The minimum absolute atomic E-state index is 0.0233. The van der Waals surface area contributed by atoms with E-state index in [1.54, 1.807) is 25.3 Å². The van der Waals surface area contributed by atoms with Gasteiger partial charge in [-0.25, -0.2) is 4.79 Å². The highest BCUT2D eigenvalue weighted by molar-refractivity contribution is 7.86. The van der Waals surface area contributed by atoms with Gasteiger partial charge in [0.2, 0.25) is 0 Å². The van der Waals surface area contributed by atoms with Crippen LogP contribution >= 0.6 is 0 Å². The zero-order valence-corrected chi connectivity index (χ0v) is 31.4. The topological polar surface area (TPSA) is 173 Å². The summed E-state index contributed by atoms with van der Waals surface area (Å²) in [5, 5.41) is 9.93. The normalized spacial score (nSPS) is 13.1. The minimum atomic E-state index is -4.47. The number of aliphatic carboxylic acids is 1. The molecule has 12 nitrogen and oxygen atoms in total. The van der Waals surface area contributed by atoms with Crippen molar-refractivity contribution in [1.29, 1.82) is 0 Å². The van der Waals surface area contributed by atoms with Gasteiger partial charge in [-0.1, -0.05) is 78.9 Å². The molecule has 0 unspecified atom stereocenters. The Morgan fingerprint density at radius 3 is 1.89 bits per heavy atom. The van der Waals surface area contributed by atoms with E-state index in [9.17, 15) is 21.6 Å². The van der Waals surface area contributed by atoms with Crippen molar-refractivity contribution in [2.45, 2.75) is 29.3 Å². The Balaban J connectivity index is 0.000000159. The van der Waals surface area contributed by atoms with Crippen molar-refractivity contribution in [3.63, 3.8) is 0 Å². The first-order valence-electron chi connectivity index (χ1n) is 16.6. The fraction of sp³-hybridized carbons (Fsp3) is 0.175. The maximum Gasteiger partial charge on any atom is 0.328 e. The van der Waals surface area contributed by atoms with Crippen molar-refractivity contribution in [2.75, 3.05) is 27.8 Å². The van der Waals surface area contributed by atoms with E-state index in [1.165, 1.54) is 65.2 Å². The molecule has 0 spiro atoms. The molecule has 2 heterocycles. The Bertz CT molecular complexity index is 2460. The number of carboxylic acids is 1. The highest BCUT2D eigenvalue weighted by atomic mass is 32.2. The molecule has 0 saturated heterocycles. The molecule has 1 aliphatic rings. The second-order valence-corrected chi connectivity index (χ2v) is 15.1. The Labute approximate surface area is 314 Å². The smallest absolute Gasteiger partial charge is 0.328 e. The SMILES string of the molecule is CN1CCc2c(c3ccccc3n2Cc2ccccc2)C1.COc1ccc(C=CC(=O)O)cc1OC.O=S(=O)(O)c1cccc2c(S(=O)(=O)O)cccc12. The quantitative estimate of drug-likeness (QED) is 0.110. The third kappa shape index (κ3) is 9.53. The lowest BCUT2D eigenvalue weighted by atomic mass is 10.1. The lowest BCUT2D eigenvalue weighted by Crippen LogP contribution is -2.27. The van der Waals surface area contributed by atoms with Crippen LogP contribution in [0.4, 0.5) is 0 Å². The van der Waals surface area contributed by atoms with Gasteiger partial charge >= 0.3 is 5.97 Å². The summed E-state index contributed by atoms with van der Waals surface area (Å²) in [4.78, 5) is 11.9. The zero-order chi connectivity index (χ0) is 39.0. The van der Waals surface area contributed by atoms with Gasteiger partial charge in [-0.05, 0) is 60.1 Å². The van der Waals surface area contributed by atoms with Gasteiger partial charge in [0.15, 0.2) is 11.5 Å². The van der Waals surface area contributed by atoms with Crippen molar-refractivity contribution >= 4 is 54.0 Å². The molecule has 0 saturated carbocycles. The molecule has 54 heavy (non-hydrogen) atoms. The molecule has 0 amide bonds. The van der Waals surface area contributed by atoms with Crippen molar-refractivity contribution in [3.05, 3.63) is 138 Å². The van der Waals surface area contributed by atoms with Crippen LogP contribution in [-0.4, -0.2) is 74.3 Å². The molecular formula is C40H40N2O10S2. The summed E-state index contributed by atoms with van der Waals surface area (Å²) < 4.78 is 75.3. The van der Waals surface area contributed by atoms with Crippen LogP contribution in [-0.2, 0) is 44.5 Å². The fourth-order valence-corrected chi connectivity index (χ4v) is 7.72. The summed E-state index contributed by atoms with van der Waals surface area (Å²) in [6, 6.07) is 32.3. The van der Waals surface area contributed by atoms with Gasteiger partial charge in [-0.15, -0.1) is 0 Å². The summed E-state index contributed by atoms with van der Waals surface area (Å²) >= 11 is 0. The maximum absolute atomic E-state index is 11.2. The van der Waals surface area contributed by atoms with E-state index >= 15 is 0 Å². The minimum Gasteiger partial charge on any atom is -0.493 e. The monoisotopic (exact) mass is 772 g/mol. The molecule has 5 aromatic carbocycles. The van der Waals surface area contributed by atoms with Gasteiger partial charge in [-0.2, -0.15) is 16.8 Å². The number of hydrogen-bond acceptors (Lipinski definition) is 8. The number of rotatable bonds is 8. The Morgan fingerprint density at radius 1 is 0.741 bits per heavy atom. The fourth-order valence-electron chi connectivity index (χ4n) is 6.31. The van der Waals surface area contributed by atoms with Gasteiger partial charge in [0, 0.05) is 59.5 Å². The predicted molar refractivity (Wildman–Crippen MR) is 207 cm³/mol. The van der Waals surface area contributed by atoms with Crippen LogP contribution in [0, 0.1) is 0 Å². The highest BCUT2D eigenvalue weighted by Crippen LogP contribution is 2.32. The standard InChI is InChI=1S/C19H20N2.C11H12O4.C10H8O6S2/c1-20-12-11-19-17(14-20)16-9-5-6-10-18(16)21(19)13-15-7-3-2-4-8-15;1-14-9-5-3-8(4-6-11(12)13)7-10(9)15-2;11-17(12,13)9-5-1-3-7-8(9)4-2-6-10(7)18(14,15)16/h2-10H,11-14H2,1H3;3-7H,1-2H3,(H,12,13);1-6H,(H,11,12,13)(H,14,15,16). The first-order valence-corrected chi connectivity index (χ1v) is 19.5. The lowest BCUT2D eigenvalue weighted by Gasteiger charge is -2.24. The zero-order valence-electron chi connectivity index (χ0n) is 29.8. The van der Waals surface area contributed by atoms with E-state index in [-0.39, 0.29) is 10.8 Å². The number of methoxy groups -OCH3 is 2. The first kappa shape index (κ1) is 39.7. The summed E-state index contributed by atoms with van der Waals surface area (Å²) in [6.45, 7) is 3.19. The number of carbonyl (C=O) groups is 1. The van der Waals surface area contributed by atoms with Gasteiger partial charge in [0.25, 0.3) is 20.2 Å². The number of likely N-dealkylation sites (N-methyl/N-ethyl adjacent to an activating group) is 1. The molecule has 1 aromatic heterocycles. The average molecular weight is 773 g/mol. The van der Waals surface area contributed by atoms with Crippen LogP contribution < -0.4 is 9.47 Å². The van der Waals surface area contributed by atoms with Crippen molar-refractivity contribution in [3.8, 4) is 11.5 Å². The second kappa shape index (κ2) is 17.1. The van der Waals surface area contributed by atoms with Crippen molar-refractivity contribution < 1.29 is 45.3 Å². The highest BCUT2D eigenvalue weighted by Gasteiger charge is 2.22. The molecule has 7 rings (SSSR count). The molecule has 0 aliphatic carbocycles. The number of aromatic nitrogens is 1. The van der Waals surface area contributed by atoms with E-state index < -0.39 is 36.0 Å². The number of para-hydroxylation sites is 1. The molecule has 0 atom stereocenters. The lowest BCUT2D eigenvalue weighted by molar-refractivity contribution is -0.131. The molecule has 0 radical (unpaired) electrons. The number of carboxylic acid groups (broad SMARTS) is 1. The molecule has 282 valence electrons. The van der Waals surface area contributed by atoms with E-state index in [4.69, 9.17) is 23.7 Å². The third-order valence-electron chi connectivity index (χ3n) is 8.76. The molecule has 0 fully saturated rings. The van der Waals surface area contributed by atoms with Crippen LogP contribution in [0.2, 0.25) is 0 Å². The number of fused-ring (bicyclic) bond motifs is 4. The van der Waals surface area contributed by atoms with Crippen LogP contribution in [0.3, 0.4) is 0 Å². The van der Waals surface area contributed by atoms with E-state index in [1.807, 2.05) is 0 Å².